The Bertz CT molecular complexity index is 352. The smallest absolute Gasteiger partial charge is 0.361 e. The summed E-state index contributed by atoms with van der Waals surface area (Å²) in [6.45, 7) is 3.48. The van der Waals surface area contributed by atoms with E-state index in [2.05, 4.69) is 0 Å². The molecule has 2 N–H and O–H groups in total. The predicted octanol–water partition coefficient (Wildman–Crippen LogP) is 2.24. The Hall–Kier alpha value is -0.800. The number of aliphatic hydroxyl groups is 1. The van der Waals surface area contributed by atoms with Gasteiger partial charge in [-0.25, -0.2) is 0 Å². The van der Waals surface area contributed by atoms with E-state index in [4.69, 9.17) is 9.42 Å². The maximum Gasteiger partial charge on any atom is 0.697 e. The average Bonchev–Trinajstić information content (AvgIpc) is 2.17. The van der Waals surface area contributed by atoms with E-state index in [-0.39, 0.29) is 12.3 Å². The Morgan fingerprint density at radius 3 is 2.38 bits per heavy atom. The lowest BCUT2D eigenvalue weighted by atomic mass is 9.95. The molecule has 16 heavy (non-hydrogen) atoms. The average molecular weight is 243 g/mol. The summed E-state index contributed by atoms with van der Waals surface area (Å²) in [6.07, 6.45) is 0.188. The Morgan fingerprint density at radius 2 is 1.94 bits per heavy atom. The van der Waals surface area contributed by atoms with Crippen LogP contribution < -0.4 is 0 Å². The van der Waals surface area contributed by atoms with Crippen LogP contribution in [0.2, 0.25) is 0 Å². The maximum absolute atomic E-state index is 10.7. The summed E-state index contributed by atoms with van der Waals surface area (Å²) < 4.78 is 15.4. The molecule has 0 fully saturated rings. The van der Waals surface area contributed by atoms with E-state index in [1.807, 2.05) is 30.3 Å². The molecule has 0 aromatic heterocycles. The fourth-order valence-electron chi connectivity index (χ4n) is 1.37. The first kappa shape index (κ1) is 13.3. The molecule has 0 saturated heterocycles. The normalized spacial score (nSPS) is 15.9. The number of benzene rings is 1. The van der Waals surface area contributed by atoms with Crippen LogP contribution in [-0.2, 0) is 15.5 Å². The zero-order valence-corrected chi connectivity index (χ0v) is 10.2. The molecular weight excluding hydrogens is 227 g/mol. The molecular formula is C11H16O4P+. The molecule has 5 heteroatoms. The highest BCUT2D eigenvalue weighted by Gasteiger charge is 2.41. The predicted molar refractivity (Wildman–Crippen MR) is 60.8 cm³/mol. The lowest BCUT2D eigenvalue weighted by Crippen LogP contribution is -2.38. The van der Waals surface area contributed by atoms with Crippen molar-refractivity contribution in [1.29, 1.82) is 0 Å². The maximum atomic E-state index is 10.7. The molecule has 0 bridgehead atoms. The Morgan fingerprint density at radius 1 is 1.38 bits per heavy atom. The van der Waals surface area contributed by atoms with Crippen molar-refractivity contribution >= 4 is 8.25 Å². The summed E-state index contributed by atoms with van der Waals surface area (Å²) in [5.41, 5.74) is 0.857. The summed E-state index contributed by atoms with van der Waals surface area (Å²) in [5, 5.41) is 10.1. The molecule has 0 aliphatic rings. The second-order valence-corrected chi connectivity index (χ2v) is 4.65. The van der Waals surface area contributed by atoms with Gasteiger partial charge in [0.1, 0.15) is 0 Å². The van der Waals surface area contributed by atoms with Gasteiger partial charge in [0.05, 0.1) is 0 Å². The number of hydrogen-bond acceptors (Lipinski definition) is 3. The van der Waals surface area contributed by atoms with Crippen molar-refractivity contribution < 1.29 is 19.1 Å². The summed E-state index contributed by atoms with van der Waals surface area (Å²) in [6, 6.07) is 9.22. The molecule has 2 atom stereocenters. The fourth-order valence-corrected chi connectivity index (χ4v) is 1.91. The molecule has 4 nitrogen and oxygen atoms in total. The van der Waals surface area contributed by atoms with E-state index >= 15 is 0 Å². The standard InChI is InChI=1S/C11H15O4P/c1-9(2)11(12,15-16(13)14)8-10-6-4-3-5-7-10/h3-7,9,12H,8H2,1-2H3/p+1. The summed E-state index contributed by atoms with van der Waals surface area (Å²) in [4.78, 5) is 8.74. The highest BCUT2D eigenvalue weighted by atomic mass is 31.1. The quantitative estimate of drug-likeness (QED) is 0.614. The molecule has 88 valence electrons. The van der Waals surface area contributed by atoms with Crippen LogP contribution >= 0.6 is 8.25 Å². The summed E-state index contributed by atoms with van der Waals surface area (Å²) in [7, 11) is -2.82. The van der Waals surface area contributed by atoms with Crippen molar-refractivity contribution in [2.24, 2.45) is 5.92 Å². The van der Waals surface area contributed by atoms with E-state index in [9.17, 15) is 9.67 Å². The Balaban J connectivity index is 2.83. The van der Waals surface area contributed by atoms with E-state index in [0.29, 0.717) is 0 Å². The van der Waals surface area contributed by atoms with Crippen molar-refractivity contribution in [2.45, 2.75) is 26.1 Å². The number of hydrogen-bond donors (Lipinski definition) is 2. The van der Waals surface area contributed by atoms with Gasteiger partial charge in [-0.2, -0.15) is 0 Å². The second kappa shape index (κ2) is 5.51. The monoisotopic (exact) mass is 243 g/mol. The molecule has 0 heterocycles. The van der Waals surface area contributed by atoms with E-state index in [1.165, 1.54) is 0 Å². The first-order valence-corrected chi connectivity index (χ1v) is 6.18. The van der Waals surface area contributed by atoms with Gasteiger partial charge in [0, 0.05) is 16.9 Å². The molecule has 0 amide bonds. The third-order valence-electron chi connectivity index (χ3n) is 2.44. The molecule has 0 spiro atoms. The minimum Gasteiger partial charge on any atom is -0.361 e. The Labute approximate surface area is 95.8 Å². The molecule has 2 unspecified atom stereocenters. The number of rotatable bonds is 5. The van der Waals surface area contributed by atoms with E-state index in [1.54, 1.807) is 13.8 Å². The van der Waals surface area contributed by atoms with Crippen LogP contribution in [0, 0.1) is 5.92 Å². The third kappa shape index (κ3) is 3.65. The zero-order chi connectivity index (χ0) is 12.2. The second-order valence-electron chi connectivity index (χ2n) is 3.99. The molecule has 1 aromatic carbocycles. The fraction of sp³-hybridized carbons (Fsp3) is 0.455. The molecule has 1 rings (SSSR count). The van der Waals surface area contributed by atoms with Gasteiger partial charge in [-0.05, 0) is 5.56 Å². The van der Waals surface area contributed by atoms with Gasteiger partial charge >= 0.3 is 8.25 Å². The highest BCUT2D eigenvalue weighted by Crippen LogP contribution is 2.32. The molecule has 1 aromatic rings. The van der Waals surface area contributed by atoms with Crippen LogP contribution in [0.25, 0.3) is 0 Å². The van der Waals surface area contributed by atoms with Gasteiger partial charge in [0.15, 0.2) is 0 Å². The van der Waals surface area contributed by atoms with Crippen LogP contribution in [0.5, 0.6) is 0 Å². The molecule has 0 aliphatic carbocycles. The largest absolute Gasteiger partial charge is 0.697 e. The van der Waals surface area contributed by atoms with Crippen LogP contribution in [0.3, 0.4) is 0 Å². The van der Waals surface area contributed by atoms with Gasteiger partial charge in [-0.1, -0.05) is 48.7 Å². The van der Waals surface area contributed by atoms with E-state index in [0.717, 1.165) is 5.56 Å². The van der Waals surface area contributed by atoms with Crippen LogP contribution in [-0.4, -0.2) is 15.8 Å². The minimum atomic E-state index is -2.82. The van der Waals surface area contributed by atoms with Crippen LogP contribution in [0.1, 0.15) is 19.4 Å². The first-order valence-electron chi connectivity index (χ1n) is 5.05. The third-order valence-corrected chi connectivity index (χ3v) is 2.91. The summed E-state index contributed by atoms with van der Waals surface area (Å²) >= 11 is 0. The van der Waals surface area contributed by atoms with Gasteiger partial charge in [-0.15, -0.1) is 4.89 Å². The van der Waals surface area contributed by atoms with Gasteiger partial charge in [0.2, 0.25) is 5.79 Å². The first-order chi connectivity index (χ1) is 7.44. The van der Waals surface area contributed by atoms with Crippen molar-refractivity contribution in [1.82, 2.24) is 0 Å². The van der Waals surface area contributed by atoms with Crippen molar-refractivity contribution in [2.75, 3.05) is 0 Å². The van der Waals surface area contributed by atoms with Gasteiger partial charge in [0.25, 0.3) is 0 Å². The minimum absolute atomic E-state index is 0.188. The lowest BCUT2D eigenvalue weighted by molar-refractivity contribution is -0.169. The molecule has 0 radical (unpaired) electrons. The van der Waals surface area contributed by atoms with Gasteiger partial charge < -0.3 is 5.11 Å². The molecule has 0 saturated carbocycles. The SMILES string of the molecule is CC(C)C(O)(Cc1ccccc1)O[P+](=O)O. The zero-order valence-electron chi connectivity index (χ0n) is 9.33. The van der Waals surface area contributed by atoms with Crippen molar-refractivity contribution in [3.63, 3.8) is 0 Å². The lowest BCUT2D eigenvalue weighted by Gasteiger charge is -2.25. The summed E-state index contributed by atoms with van der Waals surface area (Å²) in [5.74, 6) is -1.89. The van der Waals surface area contributed by atoms with Crippen LogP contribution in [0.15, 0.2) is 30.3 Å². The highest BCUT2D eigenvalue weighted by molar-refractivity contribution is 7.32. The van der Waals surface area contributed by atoms with Crippen LogP contribution in [0.4, 0.5) is 0 Å². The van der Waals surface area contributed by atoms with E-state index < -0.39 is 14.0 Å². The van der Waals surface area contributed by atoms with Gasteiger partial charge in [-0.3, -0.25) is 0 Å². The topological polar surface area (TPSA) is 66.8 Å². The van der Waals surface area contributed by atoms with Crippen molar-refractivity contribution in [3.8, 4) is 0 Å². The Kier molecular flexibility index (Phi) is 4.56. The molecule has 0 aliphatic heterocycles. The van der Waals surface area contributed by atoms with Crippen molar-refractivity contribution in [3.05, 3.63) is 35.9 Å².